The molecule has 0 fully saturated rings. The van der Waals surface area contributed by atoms with Gasteiger partial charge in [-0.25, -0.2) is 10.8 Å². The first-order valence-electron chi connectivity index (χ1n) is 4.43. The molecule has 0 saturated carbocycles. The predicted octanol–water partition coefficient (Wildman–Crippen LogP) is 1.27. The van der Waals surface area contributed by atoms with E-state index in [0.29, 0.717) is 0 Å². The van der Waals surface area contributed by atoms with E-state index in [1.165, 1.54) is 4.88 Å². The summed E-state index contributed by atoms with van der Waals surface area (Å²) in [6.07, 6.45) is 1.87. The Morgan fingerprint density at radius 1 is 1.54 bits per heavy atom. The first kappa shape index (κ1) is 10.4. The van der Waals surface area contributed by atoms with Crippen molar-refractivity contribution in [2.75, 3.05) is 18.5 Å². The Morgan fingerprint density at radius 3 is 2.69 bits per heavy atom. The lowest BCUT2D eigenvalue weighted by Crippen LogP contribution is -2.21. The minimum atomic E-state index is 0.780. The maximum absolute atomic E-state index is 5.24. The molecule has 0 amide bonds. The Kier molecular flexibility index (Phi) is 4.14. The second-order valence-corrected chi connectivity index (χ2v) is 3.85. The molecular weight excluding hydrogens is 184 g/mol. The summed E-state index contributed by atoms with van der Waals surface area (Å²) >= 11 is 1.60. The van der Waals surface area contributed by atoms with Gasteiger partial charge in [-0.05, 0) is 13.1 Å². The largest absolute Gasteiger partial charge is 0.300 e. The maximum atomic E-state index is 5.24. The molecule has 3 N–H and O–H groups in total. The van der Waals surface area contributed by atoms with Crippen LogP contribution in [0.2, 0.25) is 0 Å². The third-order valence-corrected chi connectivity index (χ3v) is 2.86. The lowest BCUT2D eigenvalue weighted by atomic mass is 10.4. The van der Waals surface area contributed by atoms with Gasteiger partial charge in [-0.2, -0.15) is 0 Å². The van der Waals surface area contributed by atoms with Crippen molar-refractivity contribution in [3.8, 4) is 0 Å². The minimum absolute atomic E-state index is 0.780. The Morgan fingerprint density at radius 2 is 2.23 bits per heavy atom. The van der Waals surface area contributed by atoms with Crippen LogP contribution in [0, 0.1) is 0 Å². The molecule has 74 valence electrons. The Balaban J connectivity index is 2.52. The number of nitrogens with one attached hydrogen (secondary N) is 1. The monoisotopic (exact) mass is 200 g/mol. The van der Waals surface area contributed by atoms with Gasteiger partial charge in [0.05, 0.1) is 0 Å². The molecule has 0 aromatic carbocycles. The van der Waals surface area contributed by atoms with Gasteiger partial charge in [0, 0.05) is 17.6 Å². The molecule has 0 aliphatic carbocycles. The highest BCUT2D eigenvalue weighted by molar-refractivity contribution is 7.15. The number of rotatable bonds is 5. The van der Waals surface area contributed by atoms with E-state index in [1.807, 2.05) is 6.20 Å². The second kappa shape index (κ2) is 5.16. The summed E-state index contributed by atoms with van der Waals surface area (Å²) in [5, 5.41) is 0.780. The molecule has 4 nitrogen and oxygen atoms in total. The third kappa shape index (κ3) is 2.95. The number of hydrogen-bond donors (Lipinski definition) is 2. The molecule has 1 heterocycles. The number of hydrogen-bond acceptors (Lipinski definition) is 5. The van der Waals surface area contributed by atoms with Gasteiger partial charge in [0.25, 0.3) is 0 Å². The fraction of sp³-hybridized carbons (Fsp3) is 0.625. The zero-order valence-corrected chi connectivity index (χ0v) is 8.90. The molecule has 0 saturated heterocycles. The molecular formula is C8H16N4S. The van der Waals surface area contributed by atoms with Crippen molar-refractivity contribution in [3.05, 3.63) is 11.1 Å². The van der Waals surface area contributed by atoms with Gasteiger partial charge in [0.15, 0.2) is 5.13 Å². The Bertz CT molecular complexity index is 244. The standard InChI is InChI=1S/C8H16N4S/c1-3-12(4-2)6-7-5-10-8(11-9)13-7/h5H,3-4,6,9H2,1-2H3,(H,10,11). The normalized spacial score (nSPS) is 10.8. The molecule has 1 aromatic heterocycles. The van der Waals surface area contributed by atoms with Gasteiger partial charge >= 0.3 is 0 Å². The summed E-state index contributed by atoms with van der Waals surface area (Å²) in [4.78, 5) is 7.70. The van der Waals surface area contributed by atoms with E-state index in [4.69, 9.17) is 5.84 Å². The van der Waals surface area contributed by atoms with E-state index in [-0.39, 0.29) is 0 Å². The molecule has 13 heavy (non-hydrogen) atoms. The van der Waals surface area contributed by atoms with Gasteiger partial charge in [-0.1, -0.05) is 25.2 Å². The SMILES string of the molecule is CCN(CC)Cc1cnc(NN)s1. The average molecular weight is 200 g/mol. The van der Waals surface area contributed by atoms with Crippen LogP contribution in [0.25, 0.3) is 0 Å². The van der Waals surface area contributed by atoms with Gasteiger partial charge in [-0.3, -0.25) is 10.3 Å². The zero-order chi connectivity index (χ0) is 9.68. The highest BCUT2D eigenvalue weighted by Gasteiger charge is 2.04. The minimum Gasteiger partial charge on any atom is -0.300 e. The number of thiazole rings is 1. The average Bonchev–Trinajstić information content (AvgIpc) is 2.61. The van der Waals surface area contributed by atoms with Crippen LogP contribution >= 0.6 is 11.3 Å². The molecule has 0 unspecified atom stereocenters. The van der Waals surface area contributed by atoms with E-state index >= 15 is 0 Å². The van der Waals surface area contributed by atoms with E-state index in [2.05, 4.69) is 29.2 Å². The highest BCUT2D eigenvalue weighted by atomic mass is 32.1. The summed E-state index contributed by atoms with van der Waals surface area (Å²) in [6.45, 7) is 7.42. The number of nitrogen functional groups attached to an aromatic ring is 1. The fourth-order valence-electron chi connectivity index (χ4n) is 1.11. The lowest BCUT2D eigenvalue weighted by molar-refractivity contribution is 0.298. The van der Waals surface area contributed by atoms with Crippen molar-refractivity contribution in [1.29, 1.82) is 0 Å². The lowest BCUT2D eigenvalue weighted by Gasteiger charge is -2.15. The van der Waals surface area contributed by atoms with E-state index in [1.54, 1.807) is 11.3 Å². The number of nitrogens with two attached hydrogens (primary N) is 1. The van der Waals surface area contributed by atoms with Crippen molar-refractivity contribution in [1.82, 2.24) is 9.88 Å². The van der Waals surface area contributed by atoms with Crippen LogP contribution in [0.15, 0.2) is 6.20 Å². The molecule has 1 aromatic rings. The van der Waals surface area contributed by atoms with Crippen molar-refractivity contribution < 1.29 is 0 Å². The zero-order valence-electron chi connectivity index (χ0n) is 8.08. The molecule has 0 aliphatic heterocycles. The molecule has 0 bridgehead atoms. The second-order valence-electron chi connectivity index (χ2n) is 2.74. The summed E-state index contributed by atoms with van der Waals surface area (Å²) in [5.41, 5.74) is 2.55. The van der Waals surface area contributed by atoms with Crippen LogP contribution in [0.3, 0.4) is 0 Å². The smallest absolute Gasteiger partial charge is 0.197 e. The van der Waals surface area contributed by atoms with Gasteiger partial charge in [-0.15, -0.1) is 0 Å². The summed E-state index contributed by atoms with van der Waals surface area (Å²) in [6, 6.07) is 0. The summed E-state index contributed by atoms with van der Waals surface area (Å²) in [7, 11) is 0. The molecule has 0 radical (unpaired) electrons. The van der Waals surface area contributed by atoms with Gasteiger partial charge < -0.3 is 0 Å². The predicted molar refractivity (Wildman–Crippen MR) is 56.5 cm³/mol. The topological polar surface area (TPSA) is 54.2 Å². The van der Waals surface area contributed by atoms with Crippen LogP contribution in [0.4, 0.5) is 5.13 Å². The third-order valence-electron chi connectivity index (χ3n) is 1.95. The number of nitrogens with zero attached hydrogens (tertiary/aromatic N) is 2. The van der Waals surface area contributed by atoms with E-state index in [9.17, 15) is 0 Å². The summed E-state index contributed by atoms with van der Waals surface area (Å²) in [5.74, 6) is 5.24. The fourth-order valence-corrected chi connectivity index (χ4v) is 1.88. The molecule has 1 rings (SSSR count). The maximum Gasteiger partial charge on any atom is 0.197 e. The summed E-state index contributed by atoms with van der Waals surface area (Å²) < 4.78 is 0. The van der Waals surface area contributed by atoms with Gasteiger partial charge in [0.1, 0.15) is 0 Å². The molecule has 5 heteroatoms. The van der Waals surface area contributed by atoms with Crippen molar-refractivity contribution in [3.63, 3.8) is 0 Å². The van der Waals surface area contributed by atoms with Crippen LogP contribution in [-0.2, 0) is 6.54 Å². The first-order chi connectivity index (χ1) is 6.30. The number of anilines is 1. The van der Waals surface area contributed by atoms with Crippen molar-refractivity contribution in [2.24, 2.45) is 5.84 Å². The van der Waals surface area contributed by atoms with E-state index in [0.717, 1.165) is 24.8 Å². The Labute approximate surface area is 82.7 Å². The molecule has 0 atom stereocenters. The van der Waals surface area contributed by atoms with Crippen molar-refractivity contribution >= 4 is 16.5 Å². The number of hydrazine groups is 1. The molecule has 0 aliphatic rings. The van der Waals surface area contributed by atoms with Crippen LogP contribution in [-0.4, -0.2) is 23.0 Å². The van der Waals surface area contributed by atoms with Crippen LogP contribution in [0.1, 0.15) is 18.7 Å². The highest BCUT2D eigenvalue weighted by Crippen LogP contribution is 2.18. The van der Waals surface area contributed by atoms with E-state index < -0.39 is 0 Å². The van der Waals surface area contributed by atoms with Crippen molar-refractivity contribution in [2.45, 2.75) is 20.4 Å². The van der Waals surface area contributed by atoms with Crippen LogP contribution < -0.4 is 11.3 Å². The van der Waals surface area contributed by atoms with Crippen LogP contribution in [0.5, 0.6) is 0 Å². The van der Waals surface area contributed by atoms with Gasteiger partial charge in [0.2, 0.25) is 0 Å². The molecule has 0 spiro atoms. The first-order valence-corrected chi connectivity index (χ1v) is 5.25. The number of aromatic nitrogens is 1. The Hall–Kier alpha value is -0.650. The quantitative estimate of drug-likeness (QED) is 0.555.